The van der Waals surface area contributed by atoms with E-state index in [9.17, 15) is 18.4 Å². The lowest BCUT2D eigenvalue weighted by Gasteiger charge is -2.35. The summed E-state index contributed by atoms with van der Waals surface area (Å²) in [6.45, 7) is 6.95. The van der Waals surface area contributed by atoms with Crippen molar-refractivity contribution in [2.75, 3.05) is 0 Å². The van der Waals surface area contributed by atoms with Gasteiger partial charge in [-0.15, -0.1) is 0 Å². The zero-order chi connectivity index (χ0) is 22.0. The normalized spacial score (nSPS) is 17.0. The summed E-state index contributed by atoms with van der Waals surface area (Å²) in [6, 6.07) is 11.5. The van der Waals surface area contributed by atoms with Gasteiger partial charge in [0.15, 0.2) is 11.6 Å². The lowest BCUT2D eigenvalue weighted by molar-refractivity contribution is -0.143. The van der Waals surface area contributed by atoms with Gasteiger partial charge in [0.1, 0.15) is 0 Å². The molecule has 1 heterocycles. The fourth-order valence-electron chi connectivity index (χ4n) is 3.67. The zero-order valence-corrected chi connectivity index (χ0v) is 17.5. The fourth-order valence-corrected chi connectivity index (χ4v) is 3.67. The van der Waals surface area contributed by atoms with E-state index >= 15 is 0 Å². The van der Waals surface area contributed by atoms with Crippen LogP contribution in [0.2, 0.25) is 0 Å². The number of hydrogen-bond donors (Lipinski definition) is 0. The molecule has 0 saturated heterocycles. The fraction of sp³-hybridized carbons (Fsp3) is 0.333. The standard InChI is InChI=1S/C24H25F2NO3/c1-14(2)30-24(29)22-16(4)27(13-18-6-5-7-20(25)23(18)26)21(28)12-19(22)17-10-8-15(3)9-11-17/h5-11,14,19H,12-13H2,1-4H3/t19-/m1/s1. The third-order valence-electron chi connectivity index (χ3n) is 5.23. The minimum atomic E-state index is -0.995. The number of amides is 1. The molecular weight excluding hydrogens is 388 g/mol. The van der Waals surface area contributed by atoms with E-state index in [0.29, 0.717) is 11.3 Å². The lowest BCUT2D eigenvalue weighted by atomic mass is 9.83. The molecule has 1 aliphatic heterocycles. The Morgan fingerprint density at radius 1 is 1.13 bits per heavy atom. The molecule has 4 nitrogen and oxygen atoms in total. The summed E-state index contributed by atoms with van der Waals surface area (Å²) in [5.41, 5.74) is 2.71. The molecule has 30 heavy (non-hydrogen) atoms. The van der Waals surface area contributed by atoms with Gasteiger partial charge in [-0.3, -0.25) is 4.79 Å². The van der Waals surface area contributed by atoms with Gasteiger partial charge in [0.25, 0.3) is 0 Å². The Labute approximate surface area is 175 Å². The molecule has 3 rings (SSSR count). The first-order valence-electron chi connectivity index (χ1n) is 9.90. The first-order chi connectivity index (χ1) is 14.2. The molecule has 0 N–H and O–H groups in total. The Morgan fingerprint density at radius 3 is 2.43 bits per heavy atom. The van der Waals surface area contributed by atoms with Crippen LogP contribution in [-0.2, 0) is 20.9 Å². The van der Waals surface area contributed by atoms with E-state index in [4.69, 9.17) is 4.74 Å². The van der Waals surface area contributed by atoms with Gasteiger partial charge in [-0.2, -0.15) is 0 Å². The van der Waals surface area contributed by atoms with Crippen LogP contribution >= 0.6 is 0 Å². The maximum Gasteiger partial charge on any atom is 0.336 e. The summed E-state index contributed by atoms with van der Waals surface area (Å²) >= 11 is 0. The van der Waals surface area contributed by atoms with Gasteiger partial charge in [0, 0.05) is 23.6 Å². The van der Waals surface area contributed by atoms with Crippen molar-refractivity contribution >= 4 is 11.9 Å². The molecule has 1 amide bonds. The van der Waals surface area contributed by atoms with E-state index in [1.807, 2.05) is 31.2 Å². The molecule has 2 aromatic carbocycles. The van der Waals surface area contributed by atoms with Crippen molar-refractivity contribution < 1.29 is 23.1 Å². The maximum absolute atomic E-state index is 14.2. The number of allylic oxidation sites excluding steroid dienone is 1. The van der Waals surface area contributed by atoms with Crippen molar-refractivity contribution in [2.24, 2.45) is 0 Å². The molecule has 6 heteroatoms. The first-order valence-corrected chi connectivity index (χ1v) is 9.90. The molecule has 2 aromatic rings. The molecule has 0 bridgehead atoms. The van der Waals surface area contributed by atoms with Gasteiger partial charge in [-0.1, -0.05) is 42.0 Å². The average Bonchev–Trinajstić information content (AvgIpc) is 2.67. The van der Waals surface area contributed by atoms with E-state index in [2.05, 4.69) is 0 Å². The topological polar surface area (TPSA) is 46.6 Å². The molecule has 0 aromatic heterocycles. The highest BCUT2D eigenvalue weighted by molar-refractivity contribution is 5.96. The number of ether oxygens (including phenoxy) is 1. The molecule has 1 aliphatic rings. The summed E-state index contributed by atoms with van der Waals surface area (Å²) in [5, 5.41) is 0. The van der Waals surface area contributed by atoms with Gasteiger partial charge in [-0.25, -0.2) is 13.6 Å². The van der Waals surface area contributed by atoms with Gasteiger partial charge < -0.3 is 9.64 Å². The number of rotatable bonds is 5. The molecule has 0 saturated carbocycles. The predicted molar refractivity (Wildman–Crippen MR) is 109 cm³/mol. The lowest BCUT2D eigenvalue weighted by Crippen LogP contribution is -2.38. The van der Waals surface area contributed by atoms with Crippen LogP contribution in [0.25, 0.3) is 0 Å². The monoisotopic (exact) mass is 413 g/mol. The highest BCUT2D eigenvalue weighted by Crippen LogP contribution is 2.38. The van der Waals surface area contributed by atoms with Crippen LogP contribution in [0.15, 0.2) is 53.7 Å². The molecule has 158 valence electrons. The summed E-state index contributed by atoms with van der Waals surface area (Å²) < 4.78 is 33.3. The average molecular weight is 413 g/mol. The summed E-state index contributed by atoms with van der Waals surface area (Å²) in [4.78, 5) is 27.2. The quantitative estimate of drug-likeness (QED) is 0.647. The molecule has 0 unspecified atom stereocenters. The molecule has 0 spiro atoms. The Morgan fingerprint density at radius 2 is 1.80 bits per heavy atom. The third-order valence-corrected chi connectivity index (χ3v) is 5.23. The van der Waals surface area contributed by atoms with Crippen LogP contribution in [0.1, 0.15) is 49.8 Å². The second-order valence-electron chi connectivity index (χ2n) is 7.81. The van der Waals surface area contributed by atoms with Crippen LogP contribution in [-0.4, -0.2) is 22.9 Å². The van der Waals surface area contributed by atoms with Crippen LogP contribution < -0.4 is 0 Å². The second kappa shape index (κ2) is 8.78. The summed E-state index contributed by atoms with van der Waals surface area (Å²) in [5.74, 6) is -3.20. The third kappa shape index (κ3) is 4.42. The summed E-state index contributed by atoms with van der Waals surface area (Å²) in [6.07, 6.45) is -0.289. The minimum Gasteiger partial charge on any atom is -0.460 e. The number of nitrogens with zero attached hydrogens (tertiary/aromatic N) is 1. The number of esters is 1. The van der Waals surface area contributed by atoms with Crippen molar-refractivity contribution in [3.05, 3.63) is 82.1 Å². The Bertz CT molecular complexity index is 996. The Balaban J connectivity index is 2.05. The van der Waals surface area contributed by atoms with E-state index in [1.165, 1.54) is 17.0 Å². The predicted octanol–water partition coefficient (Wildman–Crippen LogP) is 5.01. The smallest absolute Gasteiger partial charge is 0.336 e. The maximum atomic E-state index is 14.2. The van der Waals surface area contributed by atoms with Crippen LogP contribution in [0.3, 0.4) is 0 Å². The largest absolute Gasteiger partial charge is 0.460 e. The van der Waals surface area contributed by atoms with Crippen LogP contribution in [0.4, 0.5) is 8.78 Å². The van der Waals surface area contributed by atoms with Gasteiger partial charge >= 0.3 is 5.97 Å². The number of carbonyl (C=O) groups is 2. The molecule has 0 aliphatic carbocycles. The van der Waals surface area contributed by atoms with Crippen molar-refractivity contribution in [3.8, 4) is 0 Å². The van der Waals surface area contributed by atoms with Crippen LogP contribution in [0.5, 0.6) is 0 Å². The van der Waals surface area contributed by atoms with Gasteiger partial charge in [0.05, 0.1) is 18.2 Å². The van der Waals surface area contributed by atoms with Crippen molar-refractivity contribution in [2.45, 2.75) is 52.7 Å². The number of benzene rings is 2. The first kappa shape index (κ1) is 21.7. The van der Waals surface area contributed by atoms with Gasteiger partial charge in [0.2, 0.25) is 5.91 Å². The molecular formula is C24H25F2NO3. The van der Waals surface area contributed by atoms with Crippen molar-refractivity contribution in [1.29, 1.82) is 0 Å². The van der Waals surface area contributed by atoms with Crippen molar-refractivity contribution in [3.63, 3.8) is 0 Å². The van der Waals surface area contributed by atoms with E-state index < -0.39 is 23.5 Å². The number of carbonyl (C=O) groups excluding carboxylic acids is 2. The number of aryl methyl sites for hydroxylation is 1. The Kier molecular flexibility index (Phi) is 6.34. The molecule has 1 atom stereocenters. The van der Waals surface area contributed by atoms with E-state index in [0.717, 1.165) is 17.2 Å². The van der Waals surface area contributed by atoms with Crippen molar-refractivity contribution in [1.82, 2.24) is 4.90 Å². The summed E-state index contributed by atoms with van der Waals surface area (Å²) in [7, 11) is 0. The van der Waals surface area contributed by atoms with E-state index in [-0.39, 0.29) is 30.5 Å². The molecule has 0 fully saturated rings. The number of halogens is 2. The van der Waals surface area contributed by atoms with E-state index in [1.54, 1.807) is 20.8 Å². The zero-order valence-electron chi connectivity index (χ0n) is 17.5. The minimum absolute atomic E-state index is 0.0415. The van der Waals surface area contributed by atoms with Crippen LogP contribution in [0, 0.1) is 18.6 Å². The highest BCUT2D eigenvalue weighted by atomic mass is 19.2. The SMILES string of the molecule is CC1=C(C(=O)OC(C)C)[C@@H](c2ccc(C)cc2)CC(=O)N1Cc1cccc(F)c1F. The number of hydrogen-bond acceptors (Lipinski definition) is 3. The second-order valence-corrected chi connectivity index (χ2v) is 7.81. The highest BCUT2D eigenvalue weighted by Gasteiger charge is 2.37. The molecule has 0 radical (unpaired) electrons. The Hall–Kier alpha value is -3.02. The van der Waals surface area contributed by atoms with Gasteiger partial charge in [-0.05, 0) is 39.3 Å².